The van der Waals surface area contributed by atoms with Crippen molar-refractivity contribution in [3.63, 3.8) is 0 Å². The molecule has 2 amide bonds. The van der Waals surface area contributed by atoms with Crippen molar-refractivity contribution in [2.45, 2.75) is 0 Å². The molecule has 0 aromatic heterocycles. The number of carbonyl (C=O) groups excluding carboxylic acids is 2. The summed E-state index contributed by atoms with van der Waals surface area (Å²) in [5, 5.41) is 3.35. The number of nitrogens with zero attached hydrogens (tertiary/aromatic N) is 2. The highest BCUT2D eigenvalue weighted by Gasteiger charge is 2.22. The van der Waals surface area contributed by atoms with Crippen molar-refractivity contribution in [3.05, 3.63) is 29.3 Å². The Kier molecular flexibility index (Phi) is 6.54. The van der Waals surface area contributed by atoms with E-state index in [1.54, 1.807) is 12.1 Å². The fourth-order valence-electron chi connectivity index (χ4n) is 2.33. The Balaban J connectivity index is 1.77. The van der Waals surface area contributed by atoms with E-state index in [0.717, 1.165) is 13.1 Å². The number of hydrogen-bond donors (Lipinski definition) is 1. The number of benzene rings is 1. The predicted molar refractivity (Wildman–Crippen MR) is 91.5 cm³/mol. The SMILES string of the molecule is CSCC(=O)N1CCN(CC(=O)Nc2ccccc2Cl)CC1. The summed E-state index contributed by atoms with van der Waals surface area (Å²) in [5.74, 6) is 0.608. The molecular formula is C15H20ClN3O2S. The van der Waals surface area contributed by atoms with Crippen LogP contribution in [0.3, 0.4) is 0 Å². The summed E-state index contributed by atoms with van der Waals surface area (Å²) in [7, 11) is 0. The van der Waals surface area contributed by atoms with E-state index in [1.165, 1.54) is 11.8 Å². The highest BCUT2D eigenvalue weighted by molar-refractivity contribution is 7.99. The first kappa shape index (κ1) is 17.1. The van der Waals surface area contributed by atoms with Crippen molar-refractivity contribution in [3.8, 4) is 0 Å². The molecule has 0 bridgehead atoms. The number of rotatable bonds is 5. The summed E-state index contributed by atoms with van der Waals surface area (Å²) in [6.07, 6.45) is 1.92. The molecule has 0 unspecified atom stereocenters. The van der Waals surface area contributed by atoms with Crippen LogP contribution in [-0.2, 0) is 9.59 Å². The number of piperazine rings is 1. The van der Waals surface area contributed by atoms with Gasteiger partial charge in [0.1, 0.15) is 0 Å². The van der Waals surface area contributed by atoms with Crippen molar-refractivity contribution in [1.82, 2.24) is 9.80 Å². The van der Waals surface area contributed by atoms with E-state index in [0.29, 0.717) is 36.1 Å². The predicted octanol–water partition coefficient (Wildman–Crippen LogP) is 1.79. The number of halogens is 1. The fraction of sp³-hybridized carbons (Fsp3) is 0.467. The van der Waals surface area contributed by atoms with Gasteiger partial charge in [0.25, 0.3) is 0 Å². The van der Waals surface area contributed by atoms with Crippen molar-refractivity contribution < 1.29 is 9.59 Å². The second-order valence-corrected chi connectivity index (χ2v) is 6.39. The van der Waals surface area contributed by atoms with Crippen LogP contribution in [0.4, 0.5) is 5.69 Å². The summed E-state index contributed by atoms with van der Waals surface area (Å²) in [5.41, 5.74) is 0.628. The van der Waals surface area contributed by atoms with Crippen LogP contribution in [0.15, 0.2) is 24.3 Å². The Hall–Kier alpha value is -1.24. The van der Waals surface area contributed by atoms with Gasteiger partial charge in [0.05, 0.1) is 23.0 Å². The molecule has 2 rings (SSSR count). The zero-order valence-corrected chi connectivity index (χ0v) is 14.1. The smallest absolute Gasteiger partial charge is 0.238 e. The summed E-state index contributed by atoms with van der Waals surface area (Å²) in [6, 6.07) is 7.17. The molecule has 1 saturated heterocycles. The lowest BCUT2D eigenvalue weighted by molar-refractivity contribution is -0.130. The Morgan fingerprint density at radius 3 is 2.55 bits per heavy atom. The Labute approximate surface area is 140 Å². The molecule has 5 nitrogen and oxygen atoms in total. The van der Waals surface area contributed by atoms with Gasteiger partial charge in [-0.05, 0) is 18.4 Å². The van der Waals surface area contributed by atoms with Crippen LogP contribution in [0.2, 0.25) is 5.02 Å². The van der Waals surface area contributed by atoms with Crippen molar-refractivity contribution in [1.29, 1.82) is 0 Å². The summed E-state index contributed by atoms with van der Waals surface area (Å²) < 4.78 is 0. The lowest BCUT2D eigenvalue weighted by atomic mass is 10.3. The first-order valence-corrected chi connectivity index (χ1v) is 8.91. The number of nitrogens with one attached hydrogen (secondary N) is 1. The molecule has 0 spiro atoms. The lowest BCUT2D eigenvalue weighted by Gasteiger charge is -2.34. The largest absolute Gasteiger partial charge is 0.339 e. The highest BCUT2D eigenvalue weighted by Crippen LogP contribution is 2.20. The zero-order chi connectivity index (χ0) is 15.9. The first-order chi connectivity index (χ1) is 10.6. The number of anilines is 1. The molecule has 1 heterocycles. The Morgan fingerprint density at radius 1 is 1.23 bits per heavy atom. The topological polar surface area (TPSA) is 52.7 Å². The summed E-state index contributed by atoms with van der Waals surface area (Å²) in [4.78, 5) is 27.8. The average molecular weight is 342 g/mol. The number of thioether (sulfide) groups is 1. The quantitative estimate of drug-likeness (QED) is 0.887. The van der Waals surface area contributed by atoms with Gasteiger partial charge in [-0.2, -0.15) is 11.8 Å². The van der Waals surface area contributed by atoms with Crippen LogP contribution < -0.4 is 5.32 Å². The molecule has 1 aromatic rings. The molecule has 120 valence electrons. The third-order valence-electron chi connectivity index (χ3n) is 3.51. The second kappa shape index (κ2) is 8.41. The maximum Gasteiger partial charge on any atom is 0.238 e. The monoisotopic (exact) mass is 341 g/mol. The highest BCUT2D eigenvalue weighted by atomic mass is 35.5. The maximum absolute atomic E-state index is 12.1. The van der Waals surface area contributed by atoms with Gasteiger partial charge >= 0.3 is 0 Å². The Bertz CT molecular complexity index is 533. The molecule has 1 aliphatic rings. The molecule has 0 atom stereocenters. The van der Waals surface area contributed by atoms with Crippen molar-refractivity contribution in [2.75, 3.05) is 50.0 Å². The first-order valence-electron chi connectivity index (χ1n) is 7.13. The van der Waals surface area contributed by atoms with Gasteiger partial charge in [0.15, 0.2) is 0 Å². The van der Waals surface area contributed by atoms with E-state index in [9.17, 15) is 9.59 Å². The van der Waals surface area contributed by atoms with Gasteiger partial charge in [-0.25, -0.2) is 0 Å². The molecule has 1 aliphatic heterocycles. The van der Waals surface area contributed by atoms with E-state index in [2.05, 4.69) is 10.2 Å². The molecule has 1 N–H and O–H groups in total. The van der Waals surface area contributed by atoms with Crippen molar-refractivity contribution in [2.24, 2.45) is 0 Å². The molecule has 7 heteroatoms. The minimum atomic E-state index is -0.0861. The van der Waals surface area contributed by atoms with Crippen LogP contribution in [0.5, 0.6) is 0 Å². The van der Waals surface area contributed by atoms with E-state index in [4.69, 9.17) is 11.6 Å². The molecule has 1 aromatic carbocycles. The van der Waals surface area contributed by atoms with E-state index in [1.807, 2.05) is 23.3 Å². The van der Waals surface area contributed by atoms with Crippen LogP contribution in [0.25, 0.3) is 0 Å². The summed E-state index contributed by atoms with van der Waals surface area (Å²) >= 11 is 7.56. The molecule has 0 radical (unpaired) electrons. The van der Waals surface area contributed by atoms with Gasteiger partial charge in [0.2, 0.25) is 11.8 Å². The zero-order valence-electron chi connectivity index (χ0n) is 12.5. The minimum absolute atomic E-state index is 0.0861. The number of carbonyl (C=O) groups is 2. The van der Waals surface area contributed by atoms with Crippen LogP contribution in [-0.4, -0.2) is 66.3 Å². The molecule has 22 heavy (non-hydrogen) atoms. The van der Waals surface area contributed by atoms with Crippen molar-refractivity contribution >= 4 is 40.9 Å². The molecule has 0 saturated carbocycles. The fourth-order valence-corrected chi connectivity index (χ4v) is 2.94. The van der Waals surface area contributed by atoms with Crippen LogP contribution in [0, 0.1) is 0 Å². The van der Waals surface area contributed by atoms with Crippen LogP contribution in [0.1, 0.15) is 0 Å². The van der Waals surface area contributed by atoms with Crippen LogP contribution >= 0.6 is 23.4 Å². The van der Waals surface area contributed by atoms with E-state index in [-0.39, 0.29) is 11.8 Å². The average Bonchev–Trinajstić information content (AvgIpc) is 2.50. The van der Waals surface area contributed by atoms with E-state index < -0.39 is 0 Å². The summed E-state index contributed by atoms with van der Waals surface area (Å²) in [6.45, 7) is 3.11. The molecule has 1 fully saturated rings. The van der Waals surface area contributed by atoms with Gasteiger partial charge in [0, 0.05) is 26.2 Å². The molecule has 0 aliphatic carbocycles. The minimum Gasteiger partial charge on any atom is -0.339 e. The Morgan fingerprint density at radius 2 is 1.91 bits per heavy atom. The maximum atomic E-state index is 12.1. The number of para-hydroxylation sites is 1. The van der Waals surface area contributed by atoms with E-state index >= 15 is 0 Å². The number of amides is 2. The normalized spacial score (nSPS) is 15.6. The molecular weight excluding hydrogens is 322 g/mol. The van der Waals surface area contributed by atoms with Gasteiger partial charge < -0.3 is 10.2 Å². The third kappa shape index (κ3) is 4.90. The van der Waals surface area contributed by atoms with Gasteiger partial charge in [-0.15, -0.1) is 0 Å². The lowest BCUT2D eigenvalue weighted by Crippen LogP contribution is -2.50. The second-order valence-electron chi connectivity index (χ2n) is 5.12. The van der Waals surface area contributed by atoms with Gasteiger partial charge in [-0.1, -0.05) is 23.7 Å². The standard InChI is InChI=1S/C15H20ClN3O2S/c1-22-11-15(21)19-8-6-18(7-9-19)10-14(20)17-13-5-3-2-4-12(13)16/h2-5H,6-11H2,1H3,(H,17,20). The van der Waals surface area contributed by atoms with Gasteiger partial charge in [-0.3, -0.25) is 14.5 Å². The number of hydrogen-bond acceptors (Lipinski definition) is 4. The third-order valence-corrected chi connectivity index (χ3v) is 4.37.